The summed E-state index contributed by atoms with van der Waals surface area (Å²) < 4.78 is 1.67. The van der Waals surface area contributed by atoms with Crippen molar-refractivity contribution in [3.8, 4) is 6.07 Å². The van der Waals surface area contributed by atoms with Gasteiger partial charge in [-0.05, 0) is 51.2 Å². The van der Waals surface area contributed by atoms with Crippen LogP contribution in [0.25, 0.3) is 10.8 Å². The van der Waals surface area contributed by atoms with Crippen molar-refractivity contribution in [3.05, 3.63) is 69.9 Å². The molecule has 0 bridgehead atoms. The zero-order valence-electron chi connectivity index (χ0n) is 22.1. The topological polar surface area (TPSA) is 116 Å². The first kappa shape index (κ1) is 25.8. The first-order valence-corrected chi connectivity index (χ1v) is 13.2. The van der Waals surface area contributed by atoms with Gasteiger partial charge in [-0.1, -0.05) is 38.1 Å². The Kier molecular flexibility index (Phi) is 6.44. The van der Waals surface area contributed by atoms with Gasteiger partial charge in [0.2, 0.25) is 11.8 Å². The molecule has 0 radical (unpaired) electrons. The fourth-order valence-corrected chi connectivity index (χ4v) is 6.37. The van der Waals surface area contributed by atoms with Crippen LogP contribution in [0.15, 0.2) is 47.3 Å². The molecule has 2 amide bonds. The Bertz CT molecular complexity index is 1550. The highest BCUT2D eigenvalue weighted by Gasteiger charge is 2.60. The van der Waals surface area contributed by atoms with E-state index < -0.39 is 23.3 Å². The molecule has 196 valence electrons. The number of imide groups is 1. The number of fused-ring (bicyclic) bond motifs is 2. The number of aryl methyl sites for hydroxylation is 1. The van der Waals surface area contributed by atoms with Crippen molar-refractivity contribution < 1.29 is 14.7 Å². The fourth-order valence-electron chi connectivity index (χ4n) is 6.37. The van der Waals surface area contributed by atoms with Crippen molar-refractivity contribution in [3.63, 3.8) is 0 Å². The summed E-state index contributed by atoms with van der Waals surface area (Å²) in [5, 5.41) is 22.1. The van der Waals surface area contributed by atoms with E-state index in [1.54, 1.807) is 42.7 Å². The van der Waals surface area contributed by atoms with E-state index in [-0.39, 0.29) is 23.3 Å². The van der Waals surface area contributed by atoms with E-state index in [0.29, 0.717) is 59.3 Å². The smallest absolute Gasteiger partial charge is 0.253 e. The minimum absolute atomic E-state index is 0.0530. The SMILES string of the molecule is Cc1cc(=O)n(CCC2CC[C@@](C)(O)[C@H]3C(=O)N(c4ccc(C#N)c5ccccc45)C(=O)[C@@H]23)c(C(C)C)n1. The number of aromatic nitrogens is 2. The largest absolute Gasteiger partial charge is 0.389 e. The monoisotopic (exact) mass is 512 g/mol. The molecule has 8 nitrogen and oxygen atoms in total. The van der Waals surface area contributed by atoms with Crippen LogP contribution in [0, 0.1) is 36.0 Å². The number of hydrogen-bond donors (Lipinski definition) is 1. The van der Waals surface area contributed by atoms with Gasteiger partial charge in [-0.15, -0.1) is 0 Å². The third-order valence-corrected chi connectivity index (χ3v) is 8.22. The molecule has 2 aromatic carbocycles. The van der Waals surface area contributed by atoms with Gasteiger partial charge >= 0.3 is 0 Å². The molecular weight excluding hydrogens is 480 g/mol. The van der Waals surface area contributed by atoms with Crippen LogP contribution in [-0.4, -0.2) is 32.1 Å². The lowest BCUT2D eigenvalue weighted by molar-refractivity contribution is -0.139. The Morgan fingerprint density at radius 3 is 2.53 bits per heavy atom. The number of amides is 2. The second-order valence-corrected chi connectivity index (χ2v) is 11.1. The zero-order chi connectivity index (χ0) is 27.4. The average molecular weight is 513 g/mol. The summed E-state index contributed by atoms with van der Waals surface area (Å²) in [5.41, 5.74) is 0.116. The molecular formula is C30H32N4O4. The molecule has 8 heteroatoms. The Morgan fingerprint density at radius 2 is 1.84 bits per heavy atom. The standard InChI is InChI=1S/C30H32N4O4/c1-17(2)27-32-18(3)15-24(35)33(27)14-12-19-11-13-30(4,38)26-25(19)28(36)34(29(26)37)23-10-9-20(16-31)21-7-5-6-8-22(21)23/h5-10,15,17,19,25-26,38H,11-14H2,1-4H3/t19?,25-,26+,30+/m0/s1. The lowest BCUT2D eigenvalue weighted by Crippen LogP contribution is -2.48. The molecule has 2 aliphatic rings. The highest BCUT2D eigenvalue weighted by atomic mass is 16.3. The Morgan fingerprint density at radius 1 is 1.13 bits per heavy atom. The van der Waals surface area contributed by atoms with Crippen LogP contribution >= 0.6 is 0 Å². The molecule has 1 N–H and O–H groups in total. The molecule has 0 spiro atoms. The fraction of sp³-hybridized carbons (Fsp3) is 0.433. The van der Waals surface area contributed by atoms with Crippen LogP contribution in [0.1, 0.15) is 63.0 Å². The number of nitriles is 1. The third kappa shape index (κ3) is 4.11. The molecule has 1 aliphatic carbocycles. The number of nitrogens with zero attached hydrogens (tertiary/aromatic N) is 4. The number of aliphatic hydroxyl groups is 1. The van der Waals surface area contributed by atoms with Crippen molar-refractivity contribution in [1.82, 2.24) is 9.55 Å². The van der Waals surface area contributed by atoms with E-state index in [2.05, 4.69) is 11.1 Å². The summed E-state index contributed by atoms with van der Waals surface area (Å²) in [4.78, 5) is 46.4. The normalized spacial score (nSPS) is 25.2. The Hall–Kier alpha value is -3.83. The maximum atomic E-state index is 14.0. The van der Waals surface area contributed by atoms with Crippen LogP contribution in [0.2, 0.25) is 0 Å². The lowest BCUT2D eigenvalue weighted by atomic mass is 9.65. The van der Waals surface area contributed by atoms with Gasteiger partial charge in [-0.25, -0.2) is 9.88 Å². The van der Waals surface area contributed by atoms with Crippen LogP contribution in [0.3, 0.4) is 0 Å². The lowest BCUT2D eigenvalue weighted by Gasteiger charge is -2.40. The summed E-state index contributed by atoms with van der Waals surface area (Å²) >= 11 is 0. The summed E-state index contributed by atoms with van der Waals surface area (Å²) in [6, 6.07) is 14.2. The number of rotatable bonds is 5. The van der Waals surface area contributed by atoms with Gasteiger partial charge < -0.3 is 5.11 Å². The molecule has 1 aromatic heterocycles. The van der Waals surface area contributed by atoms with Gasteiger partial charge in [0.15, 0.2) is 0 Å². The summed E-state index contributed by atoms with van der Waals surface area (Å²) in [7, 11) is 0. The van der Waals surface area contributed by atoms with Gasteiger partial charge in [0.25, 0.3) is 5.56 Å². The van der Waals surface area contributed by atoms with E-state index in [0.717, 1.165) is 0 Å². The molecule has 5 rings (SSSR count). The second-order valence-electron chi connectivity index (χ2n) is 11.1. The Labute approximate surface area is 221 Å². The molecule has 3 aromatic rings. The maximum absolute atomic E-state index is 14.0. The molecule has 2 heterocycles. The number of hydrogen-bond acceptors (Lipinski definition) is 6. The summed E-state index contributed by atoms with van der Waals surface area (Å²) in [6.45, 7) is 7.80. The van der Waals surface area contributed by atoms with Crippen LogP contribution in [0.4, 0.5) is 5.69 Å². The minimum Gasteiger partial charge on any atom is -0.389 e. The molecule has 38 heavy (non-hydrogen) atoms. The highest BCUT2D eigenvalue weighted by molar-refractivity contribution is 6.25. The van der Waals surface area contributed by atoms with E-state index >= 15 is 0 Å². The summed E-state index contributed by atoms with van der Waals surface area (Å²) in [5.74, 6) is -1.75. The number of anilines is 1. The minimum atomic E-state index is -1.32. The molecule has 1 saturated heterocycles. The predicted octanol–water partition coefficient (Wildman–Crippen LogP) is 4.06. The van der Waals surface area contributed by atoms with Crippen molar-refractivity contribution in [2.75, 3.05) is 4.90 Å². The average Bonchev–Trinajstić information content (AvgIpc) is 3.14. The van der Waals surface area contributed by atoms with Crippen LogP contribution in [-0.2, 0) is 16.1 Å². The van der Waals surface area contributed by atoms with Crippen molar-refractivity contribution in [1.29, 1.82) is 5.26 Å². The van der Waals surface area contributed by atoms with Gasteiger partial charge in [0.1, 0.15) is 5.82 Å². The van der Waals surface area contributed by atoms with Crippen molar-refractivity contribution in [2.24, 2.45) is 17.8 Å². The van der Waals surface area contributed by atoms with Gasteiger partial charge in [0.05, 0.1) is 34.8 Å². The van der Waals surface area contributed by atoms with Gasteiger partial charge in [0, 0.05) is 35.0 Å². The highest BCUT2D eigenvalue weighted by Crippen LogP contribution is 2.50. The number of benzene rings is 2. The molecule has 1 aliphatic heterocycles. The third-order valence-electron chi connectivity index (χ3n) is 8.22. The van der Waals surface area contributed by atoms with Gasteiger partial charge in [-0.3, -0.25) is 19.0 Å². The van der Waals surface area contributed by atoms with E-state index in [1.165, 1.54) is 11.0 Å². The Balaban J connectivity index is 1.52. The summed E-state index contributed by atoms with van der Waals surface area (Å²) in [6.07, 6.45) is 1.47. The molecule has 2 fully saturated rings. The number of carbonyl (C=O) groups excluding carboxylic acids is 2. The molecule has 1 saturated carbocycles. The quantitative estimate of drug-likeness (QED) is 0.516. The molecule has 1 unspecified atom stereocenters. The van der Waals surface area contributed by atoms with Crippen LogP contribution in [0.5, 0.6) is 0 Å². The van der Waals surface area contributed by atoms with Crippen LogP contribution < -0.4 is 10.5 Å². The van der Waals surface area contributed by atoms with Crippen molar-refractivity contribution >= 4 is 28.3 Å². The predicted molar refractivity (Wildman–Crippen MR) is 143 cm³/mol. The first-order valence-electron chi connectivity index (χ1n) is 13.2. The van der Waals surface area contributed by atoms with Gasteiger partial charge in [-0.2, -0.15) is 5.26 Å². The zero-order valence-corrected chi connectivity index (χ0v) is 22.1. The molecule has 4 atom stereocenters. The van der Waals surface area contributed by atoms with E-state index in [4.69, 9.17) is 0 Å². The first-order chi connectivity index (χ1) is 18.0. The van der Waals surface area contributed by atoms with Crippen molar-refractivity contribution in [2.45, 2.75) is 65.0 Å². The second kappa shape index (κ2) is 9.48. The maximum Gasteiger partial charge on any atom is 0.253 e. The van der Waals surface area contributed by atoms with E-state index in [1.807, 2.05) is 26.0 Å². The number of carbonyl (C=O) groups is 2. The van der Waals surface area contributed by atoms with E-state index in [9.17, 15) is 24.8 Å².